The van der Waals surface area contributed by atoms with E-state index in [9.17, 15) is 4.79 Å². The van der Waals surface area contributed by atoms with E-state index >= 15 is 0 Å². The Bertz CT molecular complexity index is 450. The molecular weight excluding hydrogens is 266 g/mol. The van der Waals surface area contributed by atoms with Gasteiger partial charge in [-0.3, -0.25) is 4.79 Å². The van der Waals surface area contributed by atoms with Crippen molar-refractivity contribution in [3.63, 3.8) is 0 Å². The van der Waals surface area contributed by atoms with Crippen LogP contribution in [0.5, 0.6) is 0 Å². The topological polar surface area (TPSA) is 52.6 Å². The number of hydrogen-bond acceptors (Lipinski definition) is 5. The molecule has 1 fully saturated rings. The molecule has 6 nitrogen and oxygen atoms in total. The van der Waals surface area contributed by atoms with Crippen LogP contribution in [-0.4, -0.2) is 71.7 Å². The second kappa shape index (κ2) is 7.36. The number of hydrogen-bond donors (Lipinski definition) is 0. The molecule has 0 spiro atoms. The maximum Gasteiger partial charge on any atom is 0.274 e. The number of piperazine rings is 1. The standard InChI is InChI=1S/C15H25N5O/c1-4-18-9-11-20(12-10-18)15(21)13-7-8-14(17-16-13)19(5-2)6-3/h7-8H,4-6,9-12H2,1-3H3. The summed E-state index contributed by atoms with van der Waals surface area (Å²) < 4.78 is 0. The minimum Gasteiger partial charge on any atom is -0.356 e. The van der Waals surface area contributed by atoms with Gasteiger partial charge in [0.2, 0.25) is 0 Å². The Kier molecular flexibility index (Phi) is 5.50. The lowest BCUT2D eigenvalue weighted by atomic mass is 10.2. The van der Waals surface area contributed by atoms with Gasteiger partial charge in [0.05, 0.1) is 0 Å². The molecule has 2 heterocycles. The van der Waals surface area contributed by atoms with E-state index in [1.165, 1.54) is 0 Å². The van der Waals surface area contributed by atoms with Crippen LogP contribution in [0.1, 0.15) is 31.3 Å². The Balaban J connectivity index is 2.00. The number of carbonyl (C=O) groups is 1. The van der Waals surface area contributed by atoms with Crippen LogP contribution in [0.2, 0.25) is 0 Å². The summed E-state index contributed by atoms with van der Waals surface area (Å²) in [4.78, 5) is 18.7. The van der Waals surface area contributed by atoms with Gasteiger partial charge in [-0.1, -0.05) is 6.92 Å². The van der Waals surface area contributed by atoms with Gasteiger partial charge in [0, 0.05) is 39.3 Å². The molecule has 0 aromatic carbocycles. The van der Waals surface area contributed by atoms with Gasteiger partial charge in [-0.2, -0.15) is 0 Å². The molecule has 6 heteroatoms. The molecule has 1 aromatic heterocycles. The van der Waals surface area contributed by atoms with Crippen molar-refractivity contribution in [1.29, 1.82) is 0 Å². The lowest BCUT2D eigenvalue weighted by Gasteiger charge is -2.33. The first-order valence-corrected chi connectivity index (χ1v) is 7.79. The smallest absolute Gasteiger partial charge is 0.274 e. The summed E-state index contributed by atoms with van der Waals surface area (Å²) in [6.45, 7) is 12.5. The highest BCUT2D eigenvalue weighted by Crippen LogP contribution is 2.11. The Labute approximate surface area is 126 Å². The molecule has 1 aliphatic heterocycles. The minimum atomic E-state index is -0.00986. The minimum absolute atomic E-state index is 0.00986. The molecule has 0 saturated carbocycles. The summed E-state index contributed by atoms with van der Waals surface area (Å²) in [6, 6.07) is 3.67. The Morgan fingerprint density at radius 3 is 2.24 bits per heavy atom. The lowest BCUT2D eigenvalue weighted by Crippen LogP contribution is -2.48. The summed E-state index contributed by atoms with van der Waals surface area (Å²) in [6.07, 6.45) is 0. The van der Waals surface area contributed by atoms with Crippen LogP contribution >= 0.6 is 0 Å². The monoisotopic (exact) mass is 291 g/mol. The quantitative estimate of drug-likeness (QED) is 0.813. The molecule has 1 saturated heterocycles. The normalized spacial score (nSPS) is 16.0. The highest BCUT2D eigenvalue weighted by Gasteiger charge is 2.22. The third-order valence-corrected chi connectivity index (χ3v) is 4.06. The largest absolute Gasteiger partial charge is 0.356 e. The van der Waals surface area contributed by atoms with Crippen molar-refractivity contribution < 1.29 is 4.79 Å². The number of carbonyl (C=O) groups excluding carboxylic acids is 1. The van der Waals surface area contributed by atoms with Gasteiger partial charge in [-0.25, -0.2) is 0 Å². The van der Waals surface area contributed by atoms with Gasteiger partial charge in [0.1, 0.15) is 0 Å². The van der Waals surface area contributed by atoms with Gasteiger partial charge in [0.15, 0.2) is 11.5 Å². The highest BCUT2D eigenvalue weighted by atomic mass is 16.2. The zero-order chi connectivity index (χ0) is 15.2. The van der Waals surface area contributed by atoms with Gasteiger partial charge in [0.25, 0.3) is 5.91 Å². The summed E-state index contributed by atoms with van der Waals surface area (Å²) in [5, 5.41) is 8.30. The summed E-state index contributed by atoms with van der Waals surface area (Å²) in [7, 11) is 0. The Morgan fingerprint density at radius 2 is 1.76 bits per heavy atom. The molecule has 0 atom stereocenters. The summed E-state index contributed by atoms with van der Waals surface area (Å²) >= 11 is 0. The Morgan fingerprint density at radius 1 is 1.10 bits per heavy atom. The van der Waals surface area contributed by atoms with E-state index in [-0.39, 0.29) is 5.91 Å². The first-order chi connectivity index (χ1) is 10.2. The average Bonchev–Trinajstić information content (AvgIpc) is 2.56. The average molecular weight is 291 g/mol. The Hall–Kier alpha value is -1.69. The first-order valence-electron chi connectivity index (χ1n) is 7.79. The van der Waals surface area contributed by atoms with Crippen molar-refractivity contribution >= 4 is 11.7 Å². The van der Waals surface area contributed by atoms with E-state index in [2.05, 4.69) is 40.8 Å². The van der Waals surface area contributed by atoms with E-state index in [0.29, 0.717) is 5.69 Å². The lowest BCUT2D eigenvalue weighted by molar-refractivity contribution is 0.0636. The summed E-state index contributed by atoms with van der Waals surface area (Å²) in [5.41, 5.74) is 0.441. The van der Waals surface area contributed by atoms with Crippen LogP contribution in [0.15, 0.2) is 12.1 Å². The van der Waals surface area contributed by atoms with E-state index in [1.807, 2.05) is 11.0 Å². The number of amides is 1. The zero-order valence-corrected chi connectivity index (χ0v) is 13.2. The highest BCUT2D eigenvalue weighted by molar-refractivity contribution is 5.92. The van der Waals surface area contributed by atoms with E-state index in [0.717, 1.165) is 51.6 Å². The number of rotatable bonds is 5. The van der Waals surface area contributed by atoms with Crippen LogP contribution in [0.3, 0.4) is 0 Å². The van der Waals surface area contributed by atoms with Crippen molar-refractivity contribution in [2.75, 3.05) is 50.7 Å². The third-order valence-electron chi connectivity index (χ3n) is 4.06. The summed E-state index contributed by atoms with van der Waals surface area (Å²) in [5.74, 6) is 0.816. The fraction of sp³-hybridized carbons (Fsp3) is 0.667. The van der Waals surface area contributed by atoms with Crippen LogP contribution < -0.4 is 4.90 Å². The van der Waals surface area contributed by atoms with E-state index in [1.54, 1.807) is 6.07 Å². The van der Waals surface area contributed by atoms with Crippen molar-refractivity contribution in [3.8, 4) is 0 Å². The molecule has 0 unspecified atom stereocenters. The molecule has 1 amide bonds. The van der Waals surface area contributed by atoms with Crippen LogP contribution in [-0.2, 0) is 0 Å². The molecule has 116 valence electrons. The third kappa shape index (κ3) is 3.69. The molecule has 21 heavy (non-hydrogen) atoms. The molecule has 0 bridgehead atoms. The second-order valence-corrected chi connectivity index (χ2v) is 5.18. The molecule has 1 aromatic rings. The second-order valence-electron chi connectivity index (χ2n) is 5.18. The van der Waals surface area contributed by atoms with Gasteiger partial charge in [-0.05, 0) is 32.5 Å². The number of likely N-dealkylation sites (N-methyl/N-ethyl adjacent to an activating group) is 1. The molecule has 0 radical (unpaired) electrons. The van der Waals surface area contributed by atoms with Gasteiger partial charge >= 0.3 is 0 Å². The van der Waals surface area contributed by atoms with Crippen LogP contribution in [0.25, 0.3) is 0 Å². The molecule has 2 rings (SSSR count). The van der Waals surface area contributed by atoms with Crippen LogP contribution in [0, 0.1) is 0 Å². The molecule has 0 N–H and O–H groups in total. The molecule has 0 aliphatic carbocycles. The van der Waals surface area contributed by atoms with Crippen molar-refractivity contribution in [2.45, 2.75) is 20.8 Å². The van der Waals surface area contributed by atoms with Crippen LogP contribution in [0.4, 0.5) is 5.82 Å². The van der Waals surface area contributed by atoms with Gasteiger partial charge < -0.3 is 14.7 Å². The van der Waals surface area contributed by atoms with Crippen molar-refractivity contribution in [3.05, 3.63) is 17.8 Å². The fourth-order valence-corrected chi connectivity index (χ4v) is 2.58. The first kappa shape index (κ1) is 15.7. The predicted octanol–water partition coefficient (Wildman–Crippen LogP) is 1.10. The van der Waals surface area contributed by atoms with Gasteiger partial charge in [-0.15, -0.1) is 10.2 Å². The van der Waals surface area contributed by atoms with Crippen molar-refractivity contribution in [1.82, 2.24) is 20.0 Å². The number of aromatic nitrogens is 2. The molecule has 1 aliphatic rings. The predicted molar refractivity (Wildman–Crippen MR) is 83.6 cm³/mol. The van der Waals surface area contributed by atoms with E-state index < -0.39 is 0 Å². The SMILES string of the molecule is CCN1CCN(C(=O)c2ccc(N(CC)CC)nn2)CC1. The van der Waals surface area contributed by atoms with E-state index in [4.69, 9.17) is 0 Å². The number of anilines is 1. The van der Waals surface area contributed by atoms with Crippen molar-refractivity contribution in [2.24, 2.45) is 0 Å². The number of nitrogens with zero attached hydrogens (tertiary/aromatic N) is 5. The fourth-order valence-electron chi connectivity index (χ4n) is 2.58. The maximum atomic E-state index is 12.4. The zero-order valence-electron chi connectivity index (χ0n) is 13.2. The molecular formula is C15H25N5O. The maximum absolute atomic E-state index is 12.4.